The van der Waals surface area contributed by atoms with Crippen LogP contribution in [0.1, 0.15) is 30.0 Å². The maximum atomic E-state index is 13.0. The van der Waals surface area contributed by atoms with Gasteiger partial charge in [-0.15, -0.1) is 0 Å². The zero-order valence-electron chi connectivity index (χ0n) is 15.5. The van der Waals surface area contributed by atoms with Gasteiger partial charge in [-0.05, 0) is 54.7 Å². The molecule has 0 bridgehead atoms. The smallest absolute Gasteiger partial charge is 0.275 e. The van der Waals surface area contributed by atoms with E-state index in [0.717, 1.165) is 30.3 Å². The summed E-state index contributed by atoms with van der Waals surface area (Å²) in [5.41, 5.74) is 4.60. The highest BCUT2D eigenvalue weighted by Crippen LogP contribution is 2.29. The molecule has 1 aliphatic carbocycles. The SMILES string of the molecule is O=C(Cn1c(=O)c2cccn2c2ccccc21)NC1CCCc2ccccc21. The number of aromatic nitrogens is 2. The highest BCUT2D eigenvalue weighted by Gasteiger charge is 2.22. The molecule has 28 heavy (non-hydrogen) atoms. The van der Waals surface area contributed by atoms with Gasteiger partial charge < -0.3 is 9.72 Å². The van der Waals surface area contributed by atoms with Crippen LogP contribution in [0.25, 0.3) is 16.6 Å². The monoisotopic (exact) mass is 371 g/mol. The molecule has 1 atom stereocenters. The van der Waals surface area contributed by atoms with Crippen molar-refractivity contribution in [2.24, 2.45) is 0 Å². The molecule has 1 unspecified atom stereocenters. The van der Waals surface area contributed by atoms with Crippen LogP contribution in [0.15, 0.2) is 71.7 Å². The molecular weight excluding hydrogens is 350 g/mol. The molecule has 5 rings (SSSR count). The first-order chi connectivity index (χ1) is 13.7. The topological polar surface area (TPSA) is 55.5 Å². The van der Waals surface area contributed by atoms with Gasteiger partial charge in [-0.3, -0.25) is 14.2 Å². The second-order valence-corrected chi connectivity index (χ2v) is 7.35. The maximum absolute atomic E-state index is 13.0. The second-order valence-electron chi connectivity index (χ2n) is 7.35. The number of hydrogen-bond donors (Lipinski definition) is 1. The van der Waals surface area contributed by atoms with Crippen LogP contribution in [0.4, 0.5) is 0 Å². The number of benzene rings is 2. The van der Waals surface area contributed by atoms with Gasteiger partial charge in [-0.2, -0.15) is 0 Å². The fourth-order valence-electron chi connectivity index (χ4n) is 4.35. The lowest BCUT2D eigenvalue weighted by molar-refractivity contribution is -0.122. The third-order valence-electron chi connectivity index (χ3n) is 5.65. The van der Waals surface area contributed by atoms with Gasteiger partial charge in [0.05, 0.1) is 17.1 Å². The van der Waals surface area contributed by atoms with Crippen molar-refractivity contribution in [1.29, 1.82) is 0 Å². The summed E-state index contributed by atoms with van der Waals surface area (Å²) in [6, 6.07) is 19.6. The van der Waals surface area contributed by atoms with E-state index in [0.29, 0.717) is 5.52 Å². The van der Waals surface area contributed by atoms with Crippen LogP contribution in [0.5, 0.6) is 0 Å². The fourth-order valence-corrected chi connectivity index (χ4v) is 4.35. The summed E-state index contributed by atoms with van der Waals surface area (Å²) in [4.78, 5) is 25.9. The standard InChI is InChI=1S/C23H21N3O2/c27-22(24-18-10-5-8-16-7-1-2-9-17(16)18)15-26-20-12-4-3-11-19(20)25-14-6-13-21(25)23(26)28/h1-4,6-7,9,11-14,18H,5,8,10,15H2,(H,24,27). The maximum Gasteiger partial charge on any atom is 0.275 e. The molecule has 2 aromatic heterocycles. The molecule has 0 saturated carbocycles. The van der Waals surface area contributed by atoms with Crippen LogP contribution in [0, 0.1) is 0 Å². The van der Waals surface area contributed by atoms with E-state index in [2.05, 4.69) is 17.4 Å². The van der Waals surface area contributed by atoms with Crippen molar-refractivity contribution >= 4 is 22.5 Å². The number of carbonyl (C=O) groups is 1. The van der Waals surface area contributed by atoms with Gasteiger partial charge in [-0.1, -0.05) is 36.4 Å². The number of aryl methyl sites for hydroxylation is 1. The van der Waals surface area contributed by atoms with Crippen LogP contribution in [-0.2, 0) is 17.8 Å². The van der Waals surface area contributed by atoms with E-state index in [1.54, 1.807) is 10.6 Å². The Morgan fingerprint density at radius 3 is 2.61 bits per heavy atom. The minimum atomic E-state index is -0.150. The number of amides is 1. The predicted molar refractivity (Wildman–Crippen MR) is 109 cm³/mol. The number of carbonyl (C=O) groups excluding carboxylic acids is 1. The van der Waals surface area contributed by atoms with Crippen LogP contribution >= 0.6 is 0 Å². The Balaban J connectivity index is 1.50. The van der Waals surface area contributed by atoms with Crippen molar-refractivity contribution in [2.75, 3.05) is 0 Å². The first-order valence-corrected chi connectivity index (χ1v) is 9.68. The van der Waals surface area contributed by atoms with E-state index < -0.39 is 0 Å². The highest BCUT2D eigenvalue weighted by atomic mass is 16.2. The Labute approximate surface area is 162 Å². The number of hydrogen-bond acceptors (Lipinski definition) is 2. The summed E-state index contributed by atoms with van der Waals surface area (Å²) < 4.78 is 3.46. The lowest BCUT2D eigenvalue weighted by Gasteiger charge is -2.26. The number of fused-ring (bicyclic) bond motifs is 4. The molecule has 4 aromatic rings. The Morgan fingerprint density at radius 1 is 0.964 bits per heavy atom. The predicted octanol–water partition coefficient (Wildman–Crippen LogP) is 3.45. The summed E-state index contributed by atoms with van der Waals surface area (Å²) >= 11 is 0. The van der Waals surface area contributed by atoms with Gasteiger partial charge in [0.25, 0.3) is 5.56 Å². The van der Waals surface area contributed by atoms with Crippen molar-refractivity contribution < 1.29 is 4.79 Å². The van der Waals surface area contributed by atoms with Crippen molar-refractivity contribution in [1.82, 2.24) is 14.3 Å². The van der Waals surface area contributed by atoms with Crippen molar-refractivity contribution in [3.8, 4) is 0 Å². The number of para-hydroxylation sites is 2. The van der Waals surface area contributed by atoms with Gasteiger partial charge in [0.1, 0.15) is 12.1 Å². The molecule has 2 heterocycles. The van der Waals surface area contributed by atoms with E-state index in [4.69, 9.17) is 0 Å². The fraction of sp³-hybridized carbons (Fsp3) is 0.217. The lowest BCUT2D eigenvalue weighted by atomic mass is 9.88. The van der Waals surface area contributed by atoms with E-state index in [9.17, 15) is 9.59 Å². The lowest BCUT2D eigenvalue weighted by Crippen LogP contribution is -2.36. The Morgan fingerprint density at radius 2 is 1.71 bits per heavy atom. The molecule has 1 N–H and O–H groups in total. The average molecular weight is 371 g/mol. The molecule has 0 aliphatic heterocycles. The van der Waals surface area contributed by atoms with E-state index in [-0.39, 0.29) is 24.1 Å². The Hall–Kier alpha value is -3.34. The average Bonchev–Trinajstić information content (AvgIpc) is 3.22. The number of nitrogens with one attached hydrogen (secondary N) is 1. The van der Waals surface area contributed by atoms with Gasteiger partial charge in [-0.25, -0.2) is 0 Å². The zero-order chi connectivity index (χ0) is 19.1. The summed E-state index contributed by atoms with van der Waals surface area (Å²) in [6.45, 7) is 0.0136. The molecule has 0 spiro atoms. The van der Waals surface area contributed by atoms with Crippen molar-refractivity contribution in [3.05, 3.63) is 88.3 Å². The molecule has 0 fully saturated rings. The molecular formula is C23H21N3O2. The summed E-state index contributed by atoms with van der Waals surface area (Å²) in [7, 11) is 0. The number of nitrogens with zero attached hydrogens (tertiary/aromatic N) is 2. The van der Waals surface area contributed by atoms with Gasteiger partial charge in [0.15, 0.2) is 0 Å². The van der Waals surface area contributed by atoms with Crippen LogP contribution in [0.3, 0.4) is 0 Å². The van der Waals surface area contributed by atoms with Crippen LogP contribution < -0.4 is 10.9 Å². The van der Waals surface area contributed by atoms with E-state index >= 15 is 0 Å². The Bertz CT molecular complexity index is 1250. The molecule has 1 aliphatic rings. The van der Waals surface area contributed by atoms with Crippen molar-refractivity contribution in [3.63, 3.8) is 0 Å². The third kappa shape index (κ3) is 2.71. The molecule has 2 aromatic carbocycles. The molecule has 1 amide bonds. The van der Waals surface area contributed by atoms with Crippen LogP contribution in [-0.4, -0.2) is 14.9 Å². The first kappa shape index (κ1) is 16.8. The summed E-state index contributed by atoms with van der Waals surface area (Å²) in [6.07, 6.45) is 4.91. The normalized spacial score (nSPS) is 16.2. The minimum absolute atomic E-state index is 0.0106. The van der Waals surface area contributed by atoms with E-state index in [1.807, 2.05) is 53.1 Å². The third-order valence-corrected chi connectivity index (χ3v) is 5.65. The molecule has 0 saturated heterocycles. The van der Waals surface area contributed by atoms with E-state index in [1.165, 1.54) is 11.1 Å². The molecule has 5 heteroatoms. The van der Waals surface area contributed by atoms with Crippen molar-refractivity contribution in [2.45, 2.75) is 31.8 Å². The Kier molecular flexibility index (Phi) is 4.01. The molecule has 140 valence electrons. The van der Waals surface area contributed by atoms with Gasteiger partial charge in [0.2, 0.25) is 5.91 Å². The highest BCUT2D eigenvalue weighted by molar-refractivity contribution is 5.82. The summed E-state index contributed by atoms with van der Waals surface area (Å²) in [5.74, 6) is -0.134. The second kappa shape index (κ2) is 6.68. The quantitative estimate of drug-likeness (QED) is 0.600. The van der Waals surface area contributed by atoms with Gasteiger partial charge >= 0.3 is 0 Å². The first-order valence-electron chi connectivity index (χ1n) is 9.68. The number of rotatable bonds is 3. The zero-order valence-corrected chi connectivity index (χ0v) is 15.5. The minimum Gasteiger partial charge on any atom is -0.348 e. The van der Waals surface area contributed by atoms with Crippen LogP contribution in [0.2, 0.25) is 0 Å². The molecule has 5 nitrogen and oxygen atoms in total. The van der Waals surface area contributed by atoms with Gasteiger partial charge in [0, 0.05) is 6.20 Å². The molecule has 0 radical (unpaired) electrons. The summed E-state index contributed by atoms with van der Waals surface area (Å²) in [5, 5.41) is 3.15. The largest absolute Gasteiger partial charge is 0.348 e.